The summed E-state index contributed by atoms with van der Waals surface area (Å²) >= 11 is 0. The van der Waals surface area contributed by atoms with Gasteiger partial charge in [0, 0.05) is 19.1 Å². The van der Waals surface area contributed by atoms with Crippen LogP contribution < -0.4 is 5.32 Å². The monoisotopic (exact) mass is 225 g/mol. The molecule has 0 aliphatic carbocycles. The molecule has 1 rings (SSSR count). The first kappa shape index (κ1) is 13.3. The van der Waals surface area contributed by atoms with E-state index in [2.05, 4.69) is 26.1 Å². The van der Waals surface area contributed by atoms with Gasteiger partial charge in [-0.25, -0.2) is 0 Å². The number of furan rings is 1. The first-order valence-corrected chi connectivity index (χ1v) is 6.06. The van der Waals surface area contributed by atoms with Gasteiger partial charge in [0.25, 0.3) is 0 Å². The zero-order valence-electron chi connectivity index (χ0n) is 10.5. The van der Waals surface area contributed by atoms with Crippen molar-refractivity contribution in [3.63, 3.8) is 0 Å². The molecule has 0 radical (unpaired) electrons. The summed E-state index contributed by atoms with van der Waals surface area (Å²) in [4.78, 5) is 0. The zero-order valence-corrected chi connectivity index (χ0v) is 10.5. The van der Waals surface area contributed by atoms with Gasteiger partial charge in [-0.05, 0) is 45.9 Å². The molecule has 3 nitrogen and oxygen atoms in total. The maximum atomic E-state index is 5.47. The average Bonchev–Trinajstić information content (AvgIpc) is 2.69. The number of hydrogen-bond donors (Lipinski definition) is 1. The maximum Gasteiger partial charge on any atom is 0.105 e. The topological polar surface area (TPSA) is 34.4 Å². The summed E-state index contributed by atoms with van der Waals surface area (Å²) < 4.78 is 10.8. The van der Waals surface area contributed by atoms with Crippen molar-refractivity contribution >= 4 is 0 Å². The van der Waals surface area contributed by atoms with E-state index in [0.29, 0.717) is 12.1 Å². The molecule has 1 aromatic heterocycles. The molecule has 92 valence electrons. The van der Waals surface area contributed by atoms with Gasteiger partial charge >= 0.3 is 0 Å². The van der Waals surface area contributed by atoms with Crippen molar-refractivity contribution in [2.24, 2.45) is 0 Å². The van der Waals surface area contributed by atoms with Crippen LogP contribution in [0.15, 0.2) is 22.8 Å². The molecule has 1 aromatic rings. The summed E-state index contributed by atoms with van der Waals surface area (Å²) in [5.74, 6) is 1.04. The van der Waals surface area contributed by atoms with Gasteiger partial charge in [0.2, 0.25) is 0 Å². The number of hydrogen-bond acceptors (Lipinski definition) is 3. The third kappa shape index (κ3) is 5.93. The van der Waals surface area contributed by atoms with E-state index < -0.39 is 0 Å². The number of rotatable bonds is 8. The fraction of sp³-hybridized carbons (Fsp3) is 0.692. The number of ether oxygens (including phenoxy) is 1. The van der Waals surface area contributed by atoms with E-state index in [0.717, 1.165) is 31.8 Å². The highest BCUT2D eigenvalue weighted by atomic mass is 16.5. The van der Waals surface area contributed by atoms with Crippen LogP contribution in [-0.2, 0) is 11.2 Å². The fourth-order valence-corrected chi connectivity index (χ4v) is 1.54. The Morgan fingerprint density at radius 1 is 1.38 bits per heavy atom. The Kier molecular flexibility index (Phi) is 6.19. The van der Waals surface area contributed by atoms with Crippen molar-refractivity contribution in [3.8, 4) is 0 Å². The Balaban J connectivity index is 2.00. The third-order valence-corrected chi connectivity index (χ3v) is 2.35. The van der Waals surface area contributed by atoms with E-state index in [1.165, 1.54) is 0 Å². The summed E-state index contributed by atoms with van der Waals surface area (Å²) in [5.41, 5.74) is 0. The van der Waals surface area contributed by atoms with E-state index in [-0.39, 0.29) is 0 Å². The SMILES string of the molecule is CC(Cc1ccco1)NCCCOC(C)C. The van der Waals surface area contributed by atoms with Crippen molar-refractivity contribution < 1.29 is 9.15 Å². The molecule has 3 heteroatoms. The van der Waals surface area contributed by atoms with E-state index in [9.17, 15) is 0 Å². The van der Waals surface area contributed by atoms with Crippen molar-refractivity contribution in [3.05, 3.63) is 24.2 Å². The third-order valence-electron chi connectivity index (χ3n) is 2.35. The molecule has 16 heavy (non-hydrogen) atoms. The first-order valence-electron chi connectivity index (χ1n) is 6.06. The minimum Gasteiger partial charge on any atom is -0.469 e. The van der Waals surface area contributed by atoms with E-state index >= 15 is 0 Å². The number of nitrogens with one attached hydrogen (secondary N) is 1. The molecule has 1 heterocycles. The Bertz CT molecular complexity index is 257. The van der Waals surface area contributed by atoms with Gasteiger partial charge in [-0.2, -0.15) is 0 Å². The molecule has 0 aliphatic rings. The quantitative estimate of drug-likeness (QED) is 0.691. The van der Waals surface area contributed by atoms with Crippen molar-refractivity contribution in [2.75, 3.05) is 13.2 Å². The zero-order chi connectivity index (χ0) is 11.8. The Morgan fingerprint density at radius 2 is 2.19 bits per heavy atom. The van der Waals surface area contributed by atoms with Crippen LogP contribution in [0.2, 0.25) is 0 Å². The molecule has 1 unspecified atom stereocenters. The smallest absolute Gasteiger partial charge is 0.105 e. The molecule has 1 atom stereocenters. The van der Waals surface area contributed by atoms with Crippen LogP contribution >= 0.6 is 0 Å². The summed E-state index contributed by atoms with van der Waals surface area (Å²) in [7, 11) is 0. The second kappa shape index (κ2) is 7.47. The lowest BCUT2D eigenvalue weighted by molar-refractivity contribution is 0.0767. The normalized spacial score (nSPS) is 13.2. The van der Waals surface area contributed by atoms with Gasteiger partial charge in [-0.3, -0.25) is 0 Å². The summed E-state index contributed by atoms with van der Waals surface area (Å²) in [6.45, 7) is 8.12. The predicted molar refractivity (Wildman–Crippen MR) is 65.6 cm³/mol. The standard InChI is InChI=1S/C13H23NO2/c1-11(2)15-9-5-7-14-12(3)10-13-6-4-8-16-13/h4,6,8,11-12,14H,5,7,9-10H2,1-3H3. The second-order valence-corrected chi connectivity index (χ2v) is 4.41. The summed E-state index contributed by atoms with van der Waals surface area (Å²) in [6.07, 6.45) is 4.05. The van der Waals surface area contributed by atoms with Crippen LogP contribution in [0.3, 0.4) is 0 Å². The molecule has 0 saturated carbocycles. The first-order chi connectivity index (χ1) is 7.68. The molecule has 0 aliphatic heterocycles. The minimum absolute atomic E-state index is 0.334. The molecule has 0 amide bonds. The lowest BCUT2D eigenvalue weighted by atomic mass is 10.2. The highest BCUT2D eigenvalue weighted by Crippen LogP contribution is 2.03. The van der Waals surface area contributed by atoms with Crippen LogP contribution in [0.5, 0.6) is 0 Å². The van der Waals surface area contributed by atoms with Gasteiger partial charge < -0.3 is 14.5 Å². The van der Waals surface area contributed by atoms with Crippen LogP contribution in [-0.4, -0.2) is 25.3 Å². The summed E-state index contributed by atoms with van der Waals surface area (Å²) in [6, 6.07) is 4.39. The largest absolute Gasteiger partial charge is 0.469 e. The van der Waals surface area contributed by atoms with Gasteiger partial charge in [0.1, 0.15) is 5.76 Å². The minimum atomic E-state index is 0.334. The highest BCUT2D eigenvalue weighted by molar-refractivity contribution is 4.99. The van der Waals surface area contributed by atoms with Crippen molar-refractivity contribution in [2.45, 2.75) is 45.8 Å². The van der Waals surface area contributed by atoms with Gasteiger partial charge in [-0.15, -0.1) is 0 Å². The Labute approximate surface area is 98.2 Å². The maximum absolute atomic E-state index is 5.47. The van der Waals surface area contributed by atoms with E-state index in [1.54, 1.807) is 6.26 Å². The fourth-order valence-electron chi connectivity index (χ4n) is 1.54. The van der Waals surface area contributed by atoms with Gasteiger partial charge in [0.15, 0.2) is 0 Å². The average molecular weight is 225 g/mol. The van der Waals surface area contributed by atoms with Crippen LogP contribution in [0.1, 0.15) is 33.0 Å². The molecule has 0 spiro atoms. The van der Waals surface area contributed by atoms with E-state index in [1.807, 2.05) is 12.1 Å². The second-order valence-electron chi connectivity index (χ2n) is 4.41. The lowest BCUT2D eigenvalue weighted by Gasteiger charge is -2.13. The molecule has 0 fully saturated rings. The molecular formula is C13H23NO2. The molecular weight excluding hydrogens is 202 g/mol. The molecule has 1 N–H and O–H groups in total. The van der Waals surface area contributed by atoms with Gasteiger partial charge in [0.05, 0.1) is 12.4 Å². The van der Waals surface area contributed by atoms with Crippen LogP contribution in [0, 0.1) is 0 Å². The van der Waals surface area contributed by atoms with Crippen molar-refractivity contribution in [1.82, 2.24) is 5.32 Å². The lowest BCUT2D eigenvalue weighted by Crippen LogP contribution is -2.29. The molecule has 0 saturated heterocycles. The van der Waals surface area contributed by atoms with E-state index in [4.69, 9.17) is 9.15 Å². The van der Waals surface area contributed by atoms with Gasteiger partial charge in [-0.1, -0.05) is 0 Å². The Morgan fingerprint density at radius 3 is 2.81 bits per heavy atom. The Hall–Kier alpha value is -0.800. The predicted octanol–water partition coefficient (Wildman–Crippen LogP) is 2.62. The highest BCUT2D eigenvalue weighted by Gasteiger charge is 2.04. The van der Waals surface area contributed by atoms with Crippen LogP contribution in [0.4, 0.5) is 0 Å². The van der Waals surface area contributed by atoms with Crippen molar-refractivity contribution in [1.29, 1.82) is 0 Å². The molecule has 0 bridgehead atoms. The van der Waals surface area contributed by atoms with Crippen LogP contribution in [0.25, 0.3) is 0 Å². The summed E-state index contributed by atoms with van der Waals surface area (Å²) in [5, 5.41) is 3.45. The molecule has 0 aromatic carbocycles.